The van der Waals surface area contributed by atoms with Crippen LogP contribution in [0, 0.1) is 6.92 Å². The minimum absolute atomic E-state index is 0.429. The highest BCUT2D eigenvalue weighted by molar-refractivity contribution is 5.74. The zero-order valence-corrected chi connectivity index (χ0v) is 10.4. The molecule has 1 heterocycles. The van der Waals surface area contributed by atoms with E-state index in [1.165, 1.54) is 12.8 Å². The van der Waals surface area contributed by atoms with Gasteiger partial charge < -0.3 is 10.5 Å². The minimum Gasteiger partial charge on any atom is -0.490 e. The van der Waals surface area contributed by atoms with Crippen LogP contribution in [0.1, 0.15) is 18.4 Å². The Kier molecular flexibility index (Phi) is 2.67. The average molecular weight is 240 g/mol. The molecule has 0 radical (unpaired) electrons. The second kappa shape index (κ2) is 4.33. The summed E-state index contributed by atoms with van der Waals surface area (Å²) in [7, 11) is 0. The molecule has 3 rings (SSSR count). The van der Waals surface area contributed by atoms with Gasteiger partial charge in [-0.2, -0.15) is 0 Å². The van der Waals surface area contributed by atoms with Crippen LogP contribution in [-0.2, 0) is 0 Å². The number of hydrogen-bond acceptors (Lipinski definition) is 3. The fraction of sp³-hybridized carbons (Fsp3) is 0.267. The Bertz CT molecular complexity index is 559. The van der Waals surface area contributed by atoms with Gasteiger partial charge in [0.2, 0.25) is 0 Å². The lowest BCUT2D eigenvalue weighted by molar-refractivity contribution is 0.303. The molecule has 92 valence electrons. The monoisotopic (exact) mass is 240 g/mol. The number of aromatic nitrogens is 1. The number of ether oxygens (including phenoxy) is 1. The van der Waals surface area contributed by atoms with Gasteiger partial charge in [0, 0.05) is 11.8 Å². The number of nitrogens with two attached hydrogens (primary N) is 1. The van der Waals surface area contributed by atoms with Crippen LogP contribution in [0.3, 0.4) is 0 Å². The fourth-order valence-electron chi connectivity index (χ4n) is 1.87. The van der Waals surface area contributed by atoms with Gasteiger partial charge >= 0.3 is 0 Å². The van der Waals surface area contributed by atoms with Crippen LogP contribution < -0.4 is 10.5 Å². The first-order chi connectivity index (χ1) is 8.74. The van der Waals surface area contributed by atoms with Crippen molar-refractivity contribution < 1.29 is 4.74 Å². The van der Waals surface area contributed by atoms with Crippen LogP contribution >= 0.6 is 0 Å². The van der Waals surface area contributed by atoms with E-state index in [9.17, 15) is 0 Å². The Labute approximate surface area is 107 Å². The number of aryl methyl sites for hydroxylation is 1. The highest BCUT2D eigenvalue weighted by atomic mass is 16.5. The third-order valence-electron chi connectivity index (χ3n) is 3.16. The van der Waals surface area contributed by atoms with E-state index in [0.717, 1.165) is 28.3 Å². The van der Waals surface area contributed by atoms with Crippen molar-refractivity contribution in [2.75, 3.05) is 5.73 Å². The molecule has 1 fully saturated rings. The van der Waals surface area contributed by atoms with Gasteiger partial charge in [-0.1, -0.05) is 0 Å². The van der Waals surface area contributed by atoms with E-state index in [4.69, 9.17) is 10.5 Å². The predicted molar refractivity (Wildman–Crippen MR) is 72.5 cm³/mol. The Balaban J connectivity index is 1.89. The maximum absolute atomic E-state index is 6.05. The summed E-state index contributed by atoms with van der Waals surface area (Å²) in [4.78, 5) is 4.35. The lowest BCUT2D eigenvalue weighted by Gasteiger charge is -2.08. The van der Waals surface area contributed by atoms with Gasteiger partial charge in [-0.25, -0.2) is 0 Å². The van der Waals surface area contributed by atoms with Gasteiger partial charge in [0.25, 0.3) is 0 Å². The van der Waals surface area contributed by atoms with E-state index in [1.54, 1.807) is 6.20 Å². The molecule has 0 spiro atoms. The smallest absolute Gasteiger partial charge is 0.119 e. The summed E-state index contributed by atoms with van der Waals surface area (Å²) in [6.07, 6.45) is 4.57. The number of nitrogens with zero attached hydrogens (tertiary/aromatic N) is 1. The largest absolute Gasteiger partial charge is 0.490 e. The van der Waals surface area contributed by atoms with Crippen LogP contribution in [-0.4, -0.2) is 11.1 Å². The number of pyridine rings is 1. The molecule has 0 aliphatic heterocycles. The van der Waals surface area contributed by atoms with Crippen molar-refractivity contribution in [2.45, 2.75) is 25.9 Å². The Hall–Kier alpha value is -2.03. The van der Waals surface area contributed by atoms with Gasteiger partial charge in [0.15, 0.2) is 0 Å². The fourth-order valence-corrected chi connectivity index (χ4v) is 1.87. The number of nitrogen functional groups attached to an aromatic ring is 1. The standard InChI is InChI=1S/C15H16N2O/c1-10-8-9-17-15(14(10)16)11-2-4-12(5-3-11)18-13-6-7-13/h2-5,8-9,13H,6-7,16H2,1H3. The molecule has 0 amide bonds. The first-order valence-electron chi connectivity index (χ1n) is 6.22. The summed E-state index contributed by atoms with van der Waals surface area (Å²) in [6.45, 7) is 1.99. The predicted octanol–water partition coefficient (Wildman–Crippen LogP) is 3.18. The molecule has 18 heavy (non-hydrogen) atoms. The quantitative estimate of drug-likeness (QED) is 0.896. The maximum Gasteiger partial charge on any atom is 0.119 e. The van der Waals surface area contributed by atoms with Crippen molar-refractivity contribution >= 4 is 5.69 Å². The zero-order valence-electron chi connectivity index (χ0n) is 10.4. The van der Waals surface area contributed by atoms with E-state index in [0.29, 0.717) is 6.10 Å². The SMILES string of the molecule is Cc1ccnc(-c2ccc(OC3CC3)cc2)c1N. The molecule has 3 heteroatoms. The van der Waals surface area contributed by atoms with Gasteiger partial charge in [0.1, 0.15) is 5.75 Å². The van der Waals surface area contributed by atoms with E-state index in [2.05, 4.69) is 4.98 Å². The third-order valence-corrected chi connectivity index (χ3v) is 3.16. The second-order valence-corrected chi connectivity index (χ2v) is 4.73. The topological polar surface area (TPSA) is 48.1 Å². The molecular weight excluding hydrogens is 224 g/mol. The molecule has 0 atom stereocenters. The average Bonchev–Trinajstić information content (AvgIpc) is 3.18. The highest BCUT2D eigenvalue weighted by Crippen LogP contribution is 2.30. The van der Waals surface area contributed by atoms with Gasteiger partial charge in [-0.3, -0.25) is 4.98 Å². The first kappa shape index (κ1) is 11.1. The summed E-state index contributed by atoms with van der Waals surface area (Å²) < 4.78 is 5.72. The number of benzene rings is 1. The summed E-state index contributed by atoms with van der Waals surface area (Å²) >= 11 is 0. The van der Waals surface area contributed by atoms with Crippen LogP contribution in [0.25, 0.3) is 11.3 Å². The summed E-state index contributed by atoms with van der Waals surface area (Å²) in [5.41, 5.74) is 9.72. The molecule has 1 aliphatic carbocycles. The number of anilines is 1. The minimum atomic E-state index is 0.429. The van der Waals surface area contributed by atoms with Crippen molar-refractivity contribution in [3.05, 3.63) is 42.1 Å². The highest BCUT2D eigenvalue weighted by Gasteiger charge is 2.23. The molecule has 1 aromatic heterocycles. The van der Waals surface area contributed by atoms with Crippen LogP contribution in [0.2, 0.25) is 0 Å². The molecule has 1 saturated carbocycles. The Morgan fingerprint density at radius 2 is 1.89 bits per heavy atom. The summed E-state index contributed by atoms with van der Waals surface area (Å²) in [5.74, 6) is 0.924. The molecule has 2 N–H and O–H groups in total. The molecular formula is C15H16N2O. The van der Waals surface area contributed by atoms with Crippen LogP contribution in [0.15, 0.2) is 36.5 Å². The van der Waals surface area contributed by atoms with Gasteiger partial charge in [-0.05, 0) is 55.7 Å². The molecule has 3 nitrogen and oxygen atoms in total. The van der Waals surface area contributed by atoms with Crippen molar-refractivity contribution in [3.8, 4) is 17.0 Å². The van der Waals surface area contributed by atoms with E-state index < -0.39 is 0 Å². The molecule has 1 aromatic carbocycles. The molecule has 2 aromatic rings. The van der Waals surface area contributed by atoms with Crippen molar-refractivity contribution in [3.63, 3.8) is 0 Å². The van der Waals surface area contributed by atoms with Crippen molar-refractivity contribution in [1.29, 1.82) is 0 Å². The van der Waals surface area contributed by atoms with E-state index in [1.807, 2.05) is 37.3 Å². The lowest BCUT2D eigenvalue weighted by Crippen LogP contribution is -1.97. The molecule has 0 bridgehead atoms. The number of rotatable bonds is 3. The zero-order chi connectivity index (χ0) is 12.5. The molecule has 0 saturated heterocycles. The van der Waals surface area contributed by atoms with Gasteiger partial charge in [-0.15, -0.1) is 0 Å². The maximum atomic E-state index is 6.05. The summed E-state index contributed by atoms with van der Waals surface area (Å²) in [6, 6.07) is 9.91. The molecule has 0 unspecified atom stereocenters. The normalized spacial score (nSPS) is 14.5. The second-order valence-electron chi connectivity index (χ2n) is 4.73. The van der Waals surface area contributed by atoms with E-state index in [-0.39, 0.29) is 0 Å². The van der Waals surface area contributed by atoms with Crippen molar-refractivity contribution in [2.24, 2.45) is 0 Å². The third kappa shape index (κ3) is 2.16. The Morgan fingerprint density at radius 3 is 2.56 bits per heavy atom. The van der Waals surface area contributed by atoms with Gasteiger partial charge in [0.05, 0.1) is 17.5 Å². The van der Waals surface area contributed by atoms with E-state index >= 15 is 0 Å². The van der Waals surface area contributed by atoms with Crippen LogP contribution in [0.4, 0.5) is 5.69 Å². The lowest BCUT2D eigenvalue weighted by atomic mass is 10.1. The molecule has 1 aliphatic rings. The van der Waals surface area contributed by atoms with Crippen LogP contribution in [0.5, 0.6) is 5.75 Å². The summed E-state index contributed by atoms with van der Waals surface area (Å²) in [5, 5.41) is 0. The first-order valence-corrected chi connectivity index (χ1v) is 6.22. The number of hydrogen-bond donors (Lipinski definition) is 1. The van der Waals surface area contributed by atoms with Crippen molar-refractivity contribution in [1.82, 2.24) is 4.98 Å². The Morgan fingerprint density at radius 1 is 1.17 bits per heavy atom.